The highest BCUT2D eigenvalue weighted by molar-refractivity contribution is 7.90. The molecule has 0 bridgehead atoms. The van der Waals surface area contributed by atoms with Crippen molar-refractivity contribution in [1.29, 1.82) is 0 Å². The molecule has 0 aliphatic heterocycles. The number of sulfonamides is 1. The first-order valence-corrected chi connectivity index (χ1v) is 9.19. The molecule has 2 rings (SSSR count). The zero-order chi connectivity index (χ0) is 13.0. The van der Waals surface area contributed by atoms with Gasteiger partial charge < -0.3 is 0 Å². The lowest BCUT2D eigenvalue weighted by Crippen LogP contribution is -2.38. The van der Waals surface area contributed by atoms with Gasteiger partial charge in [-0.2, -0.15) is 0 Å². The maximum atomic E-state index is 12.2. The first-order chi connectivity index (χ1) is 8.58. The Kier molecular flexibility index (Phi) is 5.34. The summed E-state index contributed by atoms with van der Waals surface area (Å²) in [5, 5.41) is 0.159. The summed E-state index contributed by atoms with van der Waals surface area (Å²) in [4.78, 5) is 0. The third kappa shape index (κ3) is 4.10. The van der Waals surface area contributed by atoms with Crippen LogP contribution in [0.4, 0.5) is 0 Å². The molecule has 18 heavy (non-hydrogen) atoms. The summed E-state index contributed by atoms with van der Waals surface area (Å²) >= 11 is 6.06. The second kappa shape index (κ2) is 6.58. The third-order valence-electron chi connectivity index (χ3n) is 4.34. The topological polar surface area (TPSA) is 46.2 Å². The average molecular weight is 294 g/mol. The highest BCUT2D eigenvalue weighted by atomic mass is 35.5. The van der Waals surface area contributed by atoms with Crippen LogP contribution >= 0.6 is 11.6 Å². The highest BCUT2D eigenvalue weighted by Crippen LogP contribution is 2.28. The van der Waals surface area contributed by atoms with Crippen molar-refractivity contribution in [2.24, 2.45) is 5.92 Å². The zero-order valence-electron chi connectivity index (χ0n) is 10.9. The first-order valence-electron chi connectivity index (χ1n) is 7.20. The molecule has 1 N–H and O–H groups in total. The zero-order valence-corrected chi connectivity index (χ0v) is 12.5. The number of rotatable bonds is 4. The molecule has 2 aliphatic rings. The lowest BCUT2D eigenvalue weighted by atomic mass is 9.89. The minimum atomic E-state index is -3.08. The van der Waals surface area contributed by atoms with Gasteiger partial charge in [-0.3, -0.25) is 0 Å². The maximum Gasteiger partial charge on any atom is 0.214 e. The summed E-state index contributed by atoms with van der Waals surface area (Å²) in [6.45, 7) is 0.614. The Bertz CT molecular complexity index is 344. The van der Waals surface area contributed by atoms with Crippen molar-refractivity contribution in [2.75, 3.05) is 6.54 Å². The van der Waals surface area contributed by atoms with Crippen LogP contribution in [0.25, 0.3) is 0 Å². The molecule has 2 saturated carbocycles. The lowest BCUT2D eigenvalue weighted by Gasteiger charge is -2.27. The van der Waals surface area contributed by atoms with Gasteiger partial charge in [-0.05, 0) is 44.4 Å². The molecule has 5 heteroatoms. The van der Waals surface area contributed by atoms with Gasteiger partial charge >= 0.3 is 0 Å². The van der Waals surface area contributed by atoms with Gasteiger partial charge in [0.2, 0.25) is 10.0 Å². The number of alkyl halides is 1. The van der Waals surface area contributed by atoms with Crippen LogP contribution < -0.4 is 4.72 Å². The second-order valence-corrected chi connectivity index (χ2v) is 8.43. The Morgan fingerprint density at radius 1 is 0.944 bits per heavy atom. The van der Waals surface area contributed by atoms with Crippen LogP contribution in [-0.4, -0.2) is 25.6 Å². The molecule has 3 nitrogen and oxygen atoms in total. The van der Waals surface area contributed by atoms with Gasteiger partial charge in [-0.15, -0.1) is 11.6 Å². The third-order valence-corrected chi connectivity index (χ3v) is 6.70. The van der Waals surface area contributed by atoms with E-state index in [0.717, 1.165) is 51.4 Å². The SMILES string of the molecule is O=S(=O)(NCC1CCC(Cl)CC1)C1CCCCC1. The Morgan fingerprint density at radius 3 is 2.17 bits per heavy atom. The number of hydrogen-bond acceptors (Lipinski definition) is 2. The van der Waals surface area contributed by atoms with Crippen molar-refractivity contribution in [1.82, 2.24) is 4.72 Å². The largest absolute Gasteiger partial charge is 0.215 e. The van der Waals surface area contributed by atoms with Crippen molar-refractivity contribution in [3.05, 3.63) is 0 Å². The van der Waals surface area contributed by atoms with Gasteiger partial charge in [0.1, 0.15) is 0 Å². The fourth-order valence-corrected chi connectivity index (χ4v) is 4.96. The second-order valence-electron chi connectivity index (χ2n) is 5.77. The van der Waals surface area contributed by atoms with E-state index in [-0.39, 0.29) is 5.25 Å². The van der Waals surface area contributed by atoms with Gasteiger partial charge in [0.05, 0.1) is 5.25 Å². The van der Waals surface area contributed by atoms with Crippen LogP contribution in [0.3, 0.4) is 0 Å². The predicted octanol–water partition coefficient (Wildman–Crippen LogP) is 3.04. The summed E-state index contributed by atoms with van der Waals surface area (Å²) in [5.41, 5.74) is 0. The number of hydrogen-bond donors (Lipinski definition) is 1. The van der Waals surface area contributed by atoms with E-state index in [1.165, 1.54) is 6.42 Å². The van der Waals surface area contributed by atoms with E-state index in [0.29, 0.717) is 17.8 Å². The van der Waals surface area contributed by atoms with Crippen molar-refractivity contribution in [3.8, 4) is 0 Å². The van der Waals surface area contributed by atoms with Crippen molar-refractivity contribution < 1.29 is 8.42 Å². The molecule has 106 valence electrons. The smallest absolute Gasteiger partial charge is 0.214 e. The molecular formula is C13H24ClNO2S. The molecule has 0 heterocycles. The highest BCUT2D eigenvalue weighted by Gasteiger charge is 2.28. The minimum absolute atomic E-state index is 0.143. The van der Waals surface area contributed by atoms with Crippen molar-refractivity contribution >= 4 is 21.6 Å². The van der Waals surface area contributed by atoms with Crippen LogP contribution in [-0.2, 0) is 10.0 Å². The van der Waals surface area contributed by atoms with Crippen LogP contribution in [0.5, 0.6) is 0 Å². The number of nitrogens with one attached hydrogen (secondary N) is 1. The summed E-state index contributed by atoms with van der Waals surface area (Å²) in [5.74, 6) is 0.485. The molecular weight excluding hydrogens is 270 g/mol. The van der Waals surface area contributed by atoms with Crippen molar-refractivity contribution in [2.45, 2.75) is 68.4 Å². The fourth-order valence-electron chi connectivity index (χ4n) is 3.05. The Hall–Kier alpha value is 0.200. The predicted molar refractivity (Wildman–Crippen MR) is 75.4 cm³/mol. The Morgan fingerprint density at radius 2 is 1.56 bits per heavy atom. The van der Waals surface area contributed by atoms with Gasteiger partial charge in [-0.1, -0.05) is 19.3 Å². The molecule has 2 fully saturated rings. The van der Waals surface area contributed by atoms with Gasteiger partial charge in [0, 0.05) is 11.9 Å². The van der Waals surface area contributed by atoms with E-state index >= 15 is 0 Å². The molecule has 0 aromatic heterocycles. The molecule has 0 saturated heterocycles. The summed E-state index contributed by atoms with van der Waals surface area (Å²) < 4.78 is 27.2. The minimum Gasteiger partial charge on any atom is -0.215 e. The van der Waals surface area contributed by atoms with Crippen molar-refractivity contribution in [3.63, 3.8) is 0 Å². The molecule has 0 amide bonds. The standard InChI is InChI=1S/C13H24ClNO2S/c14-12-8-6-11(7-9-12)10-15-18(16,17)13-4-2-1-3-5-13/h11-13,15H,1-10H2. The molecule has 0 spiro atoms. The van der Waals surface area contributed by atoms with Crippen LogP contribution in [0.2, 0.25) is 0 Å². The van der Waals surface area contributed by atoms with Crippen LogP contribution in [0.1, 0.15) is 57.8 Å². The maximum absolute atomic E-state index is 12.2. The van der Waals surface area contributed by atoms with Gasteiger partial charge in [0.25, 0.3) is 0 Å². The quantitative estimate of drug-likeness (QED) is 0.810. The molecule has 0 radical (unpaired) electrons. The van der Waals surface area contributed by atoms with Crippen LogP contribution in [0, 0.1) is 5.92 Å². The van der Waals surface area contributed by atoms with E-state index < -0.39 is 10.0 Å². The molecule has 0 atom stereocenters. The molecule has 0 aromatic carbocycles. The summed E-state index contributed by atoms with van der Waals surface area (Å²) in [6.07, 6.45) is 9.14. The van der Waals surface area contributed by atoms with E-state index in [9.17, 15) is 8.42 Å². The van der Waals surface area contributed by atoms with E-state index in [2.05, 4.69) is 4.72 Å². The molecule has 0 unspecified atom stereocenters. The monoisotopic (exact) mass is 293 g/mol. The first kappa shape index (κ1) is 14.6. The van der Waals surface area contributed by atoms with E-state index in [1.807, 2.05) is 0 Å². The fraction of sp³-hybridized carbons (Fsp3) is 1.00. The lowest BCUT2D eigenvalue weighted by molar-refractivity contribution is 0.359. The summed E-state index contributed by atoms with van der Waals surface area (Å²) in [6, 6.07) is 0. The van der Waals surface area contributed by atoms with E-state index in [1.54, 1.807) is 0 Å². The van der Waals surface area contributed by atoms with E-state index in [4.69, 9.17) is 11.6 Å². The Labute approximate surface area is 116 Å². The Balaban J connectivity index is 1.77. The molecule has 0 aromatic rings. The van der Waals surface area contributed by atoms with Crippen LogP contribution in [0.15, 0.2) is 0 Å². The van der Waals surface area contributed by atoms with Gasteiger partial charge in [-0.25, -0.2) is 13.1 Å². The molecule has 2 aliphatic carbocycles. The average Bonchev–Trinajstić information content (AvgIpc) is 2.39. The normalized spacial score (nSPS) is 31.4. The number of halogens is 1. The van der Waals surface area contributed by atoms with Gasteiger partial charge in [0.15, 0.2) is 0 Å². The summed E-state index contributed by atoms with van der Waals surface area (Å²) in [7, 11) is -3.08.